The quantitative estimate of drug-likeness (QED) is 0.296. The average molecular weight is 456 g/mol. The van der Waals surface area contributed by atoms with Crippen LogP contribution in [0.5, 0.6) is 0 Å². The van der Waals surface area contributed by atoms with E-state index < -0.39 is 0 Å². The monoisotopic (exact) mass is 455 g/mol. The van der Waals surface area contributed by atoms with Crippen molar-refractivity contribution in [1.29, 1.82) is 0 Å². The van der Waals surface area contributed by atoms with Gasteiger partial charge in [0.15, 0.2) is 4.34 Å². The van der Waals surface area contributed by atoms with E-state index in [1.807, 2.05) is 54.6 Å². The number of fused-ring (bicyclic) bond motifs is 1. The Bertz CT molecular complexity index is 1100. The Kier molecular flexibility index (Phi) is 5.52. The molecule has 0 spiro atoms. The number of amides is 1. The molecule has 0 aliphatic rings. The summed E-state index contributed by atoms with van der Waals surface area (Å²) in [5.41, 5.74) is 1.81. The number of nitrogens with zero attached hydrogens (tertiary/aromatic N) is 2. The van der Waals surface area contributed by atoms with Gasteiger partial charge >= 0.3 is 0 Å². The number of rotatable bonds is 5. The fourth-order valence-electron chi connectivity index (χ4n) is 2.54. The second-order valence-corrected chi connectivity index (χ2v) is 8.92. The molecule has 7 heteroatoms. The van der Waals surface area contributed by atoms with Gasteiger partial charge in [0.25, 0.3) is 5.91 Å². The number of carbonyl (C=O) groups is 1. The highest BCUT2D eigenvalue weighted by molar-refractivity contribution is 9.10. The fraction of sp³-hybridized carbons (Fsp3) is 0.0500. The normalized spacial score (nSPS) is 10.9. The zero-order chi connectivity index (χ0) is 18.6. The van der Waals surface area contributed by atoms with Gasteiger partial charge in [-0.25, -0.2) is 0 Å². The van der Waals surface area contributed by atoms with Crippen molar-refractivity contribution in [3.8, 4) is 0 Å². The predicted molar refractivity (Wildman–Crippen MR) is 116 cm³/mol. The van der Waals surface area contributed by atoms with E-state index in [0.29, 0.717) is 10.7 Å². The van der Waals surface area contributed by atoms with E-state index in [1.165, 1.54) is 16.9 Å². The van der Waals surface area contributed by atoms with Gasteiger partial charge in [-0.1, -0.05) is 81.5 Å². The molecule has 0 unspecified atom stereocenters. The molecule has 3 aromatic carbocycles. The molecule has 4 rings (SSSR count). The molecule has 0 atom stereocenters. The lowest BCUT2D eigenvalue weighted by atomic mass is 10.1. The van der Waals surface area contributed by atoms with Crippen LogP contribution in [0.2, 0.25) is 0 Å². The summed E-state index contributed by atoms with van der Waals surface area (Å²) in [6.07, 6.45) is 0. The predicted octanol–water partition coefficient (Wildman–Crippen LogP) is 6.00. The summed E-state index contributed by atoms with van der Waals surface area (Å²) in [6, 6.07) is 21.8. The summed E-state index contributed by atoms with van der Waals surface area (Å²) in [7, 11) is 0. The summed E-state index contributed by atoms with van der Waals surface area (Å²) in [5, 5.41) is 13.7. The van der Waals surface area contributed by atoms with Crippen molar-refractivity contribution in [3.63, 3.8) is 0 Å². The number of anilines is 1. The number of carbonyl (C=O) groups excluding carboxylic acids is 1. The minimum Gasteiger partial charge on any atom is -0.296 e. The Labute approximate surface area is 173 Å². The highest BCUT2D eigenvalue weighted by atomic mass is 79.9. The highest BCUT2D eigenvalue weighted by Gasteiger charge is 2.11. The number of thioether (sulfide) groups is 1. The zero-order valence-corrected chi connectivity index (χ0v) is 17.3. The SMILES string of the molecule is O=C(Nc1nnc(SCc2ccc(Br)cc2)s1)c1ccc2ccccc2c1. The summed E-state index contributed by atoms with van der Waals surface area (Å²) < 4.78 is 1.89. The Morgan fingerprint density at radius 3 is 2.59 bits per heavy atom. The van der Waals surface area contributed by atoms with Crippen molar-refractivity contribution in [3.05, 3.63) is 82.3 Å². The van der Waals surface area contributed by atoms with Gasteiger partial charge in [0.05, 0.1) is 0 Å². The van der Waals surface area contributed by atoms with Crippen LogP contribution in [0.15, 0.2) is 75.5 Å². The minimum atomic E-state index is -0.179. The summed E-state index contributed by atoms with van der Waals surface area (Å²) in [6.45, 7) is 0. The number of hydrogen-bond donors (Lipinski definition) is 1. The third kappa shape index (κ3) is 4.55. The van der Waals surface area contributed by atoms with Crippen LogP contribution in [0.1, 0.15) is 15.9 Å². The average Bonchev–Trinajstić information content (AvgIpc) is 3.14. The molecule has 1 amide bonds. The van der Waals surface area contributed by atoms with E-state index in [0.717, 1.165) is 25.3 Å². The summed E-state index contributed by atoms with van der Waals surface area (Å²) in [4.78, 5) is 12.5. The lowest BCUT2D eigenvalue weighted by molar-refractivity contribution is 0.102. The van der Waals surface area contributed by atoms with Gasteiger partial charge in [0.2, 0.25) is 5.13 Å². The smallest absolute Gasteiger partial charge is 0.257 e. The van der Waals surface area contributed by atoms with Gasteiger partial charge in [-0.3, -0.25) is 10.1 Å². The molecule has 0 bridgehead atoms. The molecule has 0 radical (unpaired) electrons. The molecule has 1 aromatic heterocycles. The number of hydrogen-bond acceptors (Lipinski definition) is 5. The van der Waals surface area contributed by atoms with Gasteiger partial charge in [-0.05, 0) is 40.6 Å². The molecule has 134 valence electrons. The minimum absolute atomic E-state index is 0.179. The lowest BCUT2D eigenvalue weighted by Gasteiger charge is -2.03. The van der Waals surface area contributed by atoms with Crippen molar-refractivity contribution < 1.29 is 4.79 Å². The van der Waals surface area contributed by atoms with Crippen molar-refractivity contribution in [1.82, 2.24) is 10.2 Å². The maximum atomic E-state index is 12.5. The molecule has 4 aromatic rings. The van der Waals surface area contributed by atoms with Gasteiger partial charge in [0, 0.05) is 15.8 Å². The first-order valence-electron chi connectivity index (χ1n) is 8.18. The van der Waals surface area contributed by atoms with Crippen molar-refractivity contribution >= 4 is 60.8 Å². The number of aromatic nitrogens is 2. The molecule has 1 N–H and O–H groups in total. The van der Waals surface area contributed by atoms with E-state index in [9.17, 15) is 4.79 Å². The van der Waals surface area contributed by atoms with Gasteiger partial charge in [-0.2, -0.15) is 0 Å². The Morgan fingerprint density at radius 2 is 1.78 bits per heavy atom. The van der Waals surface area contributed by atoms with Crippen LogP contribution in [0.4, 0.5) is 5.13 Å². The van der Waals surface area contributed by atoms with Crippen LogP contribution in [-0.4, -0.2) is 16.1 Å². The van der Waals surface area contributed by atoms with E-state index in [1.54, 1.807) is 11.8 Å². The Hall–Kier alpha value is -2.22. The maximum absolute atomic E-state index is 12.5. The third-order valence-electron chi connectivity index (χ3n) is 3.91. The lowest BCUT2D eigenvalue weighted by Crippen LogP contribution is -2.11. The number of nitrogens with one attached hydrogen (secondary N) is 1. The molecule has 0 aliphatic heterocycles. The van der Waals surface area contributed by atoms with Crippen LogP contribution < -0.4 is 5.32 Å². The van der Waals surface area contributed by atoms with E-state index >= 15 is 0 Å². The highest BCUT2D eigenvalue weighted by Crippen LogP contribution is 2.29. The first kappa shape index (κ1) is 18.2. The van der Waals surface area contributed by atoms with E-state index in [4.69, 9.17) is 0 Å². The third-order valence-corrected chi connectivity index (χ3v) is 6.49. The second-order valence-electron chi connectivity index (χ2n) is 5.80. The molecule has 0 fully saturated rings. The van der Waals surface area contributed by atoms with Gasteiger partial charge < -0.3 is 0 Å². The Morgan fingerprint density at radius 1 is 1.00 bits per heavy atom. The standard InChI is InChI=1S/C20H14BrN3OS2/c21-17-9-5-13(6-10-17)12-26-20-24-23-19(27-20)22-18(25)16-8-7-14-3-1-2-4-15(14)11-16/h1-11H,12H2,(H,22,23,25). The van der Waals surface area contributed by atoms with E-state index in [2.05, 4.69) is 43.6 Å². The molecule has 0 saturated heterocycles. The van der Waals surface area contributed by atoms with Crippen LogP contribution in [0.25, 0.3) is 10.8 Å². The van der Waals surface area contributed by atoms with Crippen LogP contribution in [0, 0.1) is 0 Å². The van der Waals surface area contributed by atoms with Crippen molar-refractivity contribution in [2.45, 2.75) is 10.1 Å². The summed E-state index contributed by atoms with van der Waals surface area (Å²) >= 11 is 6.42. The second kappa shape index (κ2) is 8.21. The van der Waals surface area contributed by atoms with Crippen molar-refractivity contribution in [2.24, 2.45) is 0 Å². The van der Waals surface area contributed by atoms with Crippen LogP contribution in [-0.2, 0) is 5.75 Å². The summed E-state index contributed by atoms with van der Waals surface area (Å²) in [5.74, 6) is 0.627. The molecule has 0 saturated carbocycles. The topological polar surface area (TPSA) is 54.9 Å². The molecule has 0 aliphatic carbocycles. The zero-order valence-electron chi connectivity index (χ0n) is 14.1. The fourth-order valence-corrected chi connectivity index (χ4v) is 4.51. The molecule has 1 heterocycles. The molecule has 4 nitrogen and oxygen atoms in total. The van der Waals surface area contributed by atoms with E-state index in [-0.39, 0.29) is 5.91 Å². The first-order chi connectivity index (χ1) is 13.2. The van der Waals surface area contributed by atoms with Crippen LogP contribution >= 0.6 is 39.0 Å². The first-order valence-corrected chi connectivity index (χ1v) is 10.8. The number of halogens is 1. The van der Waals surface area contributed by atoms with Gasteiger partial charge in [-0.15, -0.1) is 10.2 Å². The Balaban J connectivity index is 1.40. The molecular formula is C20H14BrN3OS2. The van der Waals surface area contributed by atoms with Gasteiger partial charge in [0.1, 0.15) is 0 Å². The molecule has 27 heavy (non-hydrogen) atoms. The van der Waals surface area contributed by atoms with Crippen LogP contribution in [0.3, 0.4) is 0 Å². The molecular weight excluding hydrogens is 442 g/mol. The van der Waals surface area contributed by atoms with Crippen molar-refractivity contribution in [2.75, 3.05) is 5.32 Å². The maximum Gasteiger partial charge on any atom is 0.257 e. The number of benzene rings is 3. The largest absolute Gasteiger partial charge is 0.296 e.